The third-order valence-corrected chi connectivity index (χ3v) is 19.1. The number of aliphatic hydroxyl groups is 2. The van der Waals surface area contributed by atoms with Crippen LogP contribution in [0.5, 0.6) is 0 Å². The van der Waals surface area contributed by atoms with Gasteiger partial charge in [0.15, 0.2) is 23.4 Å². The van der Waals surface area contributed by atoms with E-state index in [2.05, 4.69) is 21.3 Å². The van der Waals surface area contributed by atoms with Crippen molar-refractivity contribution in [2.75, 3.05) is 31.3 Å². The molecule has 11 N–H and O–H groups in total. The molecule has 7 rings (SSSR count). The van der Waals surface area contributed by atoms with Gasteiger partial charge in [-0.2, -0.15) is 0 Å². The van der Waals surface area contributed by atoms with Gasteiger partial charge in [0.2, 0.25) is 23.8 Å². The highest BCUT2D eigenvalue weighted by molar-refractivity contribution is 8.76. The summed E-state index contributed by atoms with van der Waals surface area (Å²) >= 11 is 0. The summed E-state index contributed by atoms with van der Waals surface area (Å²) < 4.78 is 42.3. The number of carbonyl (C=O) groups excluding carboxylic acids is 10. The largest absolute Gasteiger partial charge is 0.509 e. The lowest BCUT2D eigenvalue weighted by atomic mass is 9.44. The molecule has 3 aromatic carbocycles. The monoisotopic (exact) mass is 1270 g/mol. The predicted octanol–water partition coefficient (Wildman–Crippen LogP) is 3.02. The number of nitrogens with two attached hydrogens (primary N) is 2. The van der Waals surface area contributed by atoms with Crippen LogP contribution in [-0.2, 0) is 66.7 Å². The Labute approximate surface area is 521 Å². The van der Waals surface area contributed by atoms with Crippen LogP contribution in [0.1, 0.15) is 106 Å². The second-order valence-corrected chi connectivity index (χ2v) is 25.5. The molecule has 3 aromatic rings. The van der Waals surface area contributed by atoms with Crippen LogP contribution in [0.2, 0.25) is 0 Å². The number of ketones is 1. The molecule has 2 bridgehead atoms. The molecule has 3 aliphatic carbocycles. The summed E-state index contributed by atoms with van der Waals surface area (Å²) in [5.74, 6) is -9.86. The molecule has 1 heterocycles. The molecule has 480 valence electrons. The number of fused-ring (bicyclic) bond motifs is 5. The Bertz CT molecular complexity index is 3200. The molecule has 0 aromatic heterocycles. The van der Waals surface area contributed by atoms with E-state index in [1.165, 1.54) is 58.9 Å². The summed E-state index contributed by atoms with van der Waals surface area (Å²) in [6, 6.07) is 19.7. The van der Waals surface area contributed by atoms with E-state index in [-0.39, 0.29) is 71.3 Å². The maximum Gasteiger partial charge on any atom is 0.509 e. The van der Waals surface area contributed by atoms with Crippen molar-refractivity contribution >= 4 is 87.0 Å². The summed E-state index contributed by atoms with van der Waals surface area (Å²) in [5, 5.41) is 44.1. The van der Waals surface area contributed by atoms with Gasteiger partial charge in [-0.05, 0) is 67.7 Å². The second-order valence-electron chi connectivity index (χ2n) is 22.9. The van der Waals surface area contributed by atoms with Gasteiger partial charge in [-0.25, -0.2) is 14.4 Å². The SMILES string of the molecule is CC(=O)N[C@H](CSSCCOC(=O)O[C@@H](C(=O)O[C@H]1C[C@@]2(O)[C@@H](OC(=O)c3ccccc3)[C@@H]3[C@]4(OC(C)=O)CO[C@@H]4C[C@H](O)[C@@]3(C)C(=O)[C@H](OC(C)=O)C(=C1C)C2(C)C)[C@@H](NC(=O)c1ccccc1)c1ccccc1)C(=O)N[C@H](CCCNC(=N)N)C(N)=O. The lowest BCUT2D eigenvalue weighted by molar-refractivity contribution is -0.346. The van der Waals surface area contributed by atoms with Gasteiger partial charge in [0.1, 0.15) is 48.6 Å². The van der Waals surface area contributed by atoms with Crippen LogP contribution in [0.4, 0.5) is 4.79 Å². The van der Waals surface area contributed by atoms with Gasteiger partial charge in [0.05, 0.1) is 29.6 Å². The number of benzene rings is 3. The topological polar surface area (TPSA) is 400 Å². The lowest BCUT2D eigenvalue weighted by Gasteiger charge is -2.67. The molecule has 28 heteroatoms. The number of hydrogen-bond acceptors (Lipinski definition) is 22. The fourth-order valence-corrected chi connectivity index (χ4v) is 14.3. The fourth-order valence-electron chi connectivity index (χ4n) is 12.3. The van der Waals surface area contributed by atoms with Crippen LogP contribution >= 0.6 is 21.6 Å². The summed E-state index contributed by atoms with van der Waals surface area (Å²) in [7, 11) is 2.21. The van der Waals surface area contributed by atoms with Crippen molar-refractivity contribution in [1.29, 1.82) is 5.41 Å². The fraction of sp³-hybridized carbons (Fsp3) is 0.492. The first kappa shape index (κ1) is 68.4. The average Bonchev–Trinajstić information content (AvgIpc) is 0.673. The molecule has 26 nitrogen and oxygen atoms in total. The highest BCUT2D eigenvalue weighted by atomic mass is 33.1. The number of hydrogen-bond donors (Lipinski definition) is 9. The van der Waals surface area contributed by atoms with Gasteiger partial charge in [-0.15, -0.1) is 0 Å². The van der Waals surface area contributed by atoms with Gasteiger partial charge < -0.3 is 76.1 Å². The standard InChI is InChI=1S/C61H75N7O19S2/c1-32-41(29-61(80)50(86-54(77)38-22-15-10-16-23-38)48-59(7,42(72)28-43-60(48,31-82-43)87-35(4)71)49(73)46(83-34(3)70)44(32)58(61,5)6)84-55(78)47(45(36-18-11-8-12-19-36)68-52(75)37-20-13-9-14-21-37)85-57(79)81-26-27-88-89-30-40(66-33(2)69)53(76)67-39(51(62)74)24-17-25-65-56(63)64/h8-16,18-23,39-43,45-48,50,72,80H,17,24-31H2,1-7H3,(H2,62,74)(H,66,69)(H,67,76)(H,68,75)(H4,63,64,65)/t39-,40-,41+,42+,43-,45+,46-,47-,48+,50+,59-,60+,61-/m1/s1. The molecular formula is C61H75N7O19S2. The zero-order valence-corrected chi connectivity index (χ0v) is 51.7. The van der Waals surface area contributed by atoms with E-state index in [4.69, 9.17) is 50.0 Å². The minimum atomic E-state index is -2.55. The number of Topliss-reactive ketones (excluding diaryl/α,β-unsaturated/α-hetero) is 1. The van der Waals surface area contributed by atoms with E-state index < -0.39 is 155 Å². The molecule has 0 unspecified atom stereocenters. The minimum Gasteiger partial charge on any atom is -0.455 e. The average molecular weight is 1270 g/mol. The maximum absolute atomic E-state index is 15.9. The molecule has 1 saturated heterocycles. The number of guanidine groups is 1. The smallest absolute Gasteiger partial charge is 0.455 e. The first-order chi connectivity index (χ1) is 42.1. The number of nitrogens with one attached hydrogen (secondary N) is 5. The van der Waals surface area contributed by atoms with Crippen LogP contribution in [0.15, 0.2) is 102 Å². The van der Waals surface area contributed by atoms with E-state index >= 15 is 9.59 Å². The Morgan fingerprint density at radius 1 is 0.809 bits per heavy atom. The summed E-state index contributed by atoms with van der Waals surface area (Å²) in [6.07, 6.45) is -12.5. The zero-order valence-electron chi connectivity index (χ0n) is 50.1. The Hall–Kier alpha value is -8.05. The van der Waals surface area contributed by atoms with Crippen LogP contribution in [0.3, 0.4) is 0 Å². The summed E-state index contributed by atoms with van der Waals surface area (Å²) in [6.45, 7) is 8.66. The Morgan fingerprint density at radius 2 is 1.44 bits per heavy atom. The van der Waals surface area contributed by atoms with E-state index in [9.17, 15) is 48.6 Å². The van der Waals surface area contributed by atoms with Crippen molar-refractivity contribution in [3.05, 3.63) is 119 Å². The Balaban J connectivity index is 1.23. The molecule has 0 spiro atoms. The third-order valence-electron chi connectivity index (χ3n) is 16.7. The van der Waals surface area contributed by atoms with Crippen molar-refractivity contribution < 1.29 is 91.3 Å². The minimum absolute atomic E-state index is 0.00100. The predicted molar refractivity (Wildman–Crippen MR) is 321 cm³/mol. The molecular weight excluding hydrogens is 1200 g/mol. The van der Waals surface area contributed by atoms with E-state index in [0.29, 0.717) is 6.42 Å². The van der Waals surface area contributed by atoms with Crippen molar-refractivity contribution in [3.63, 3.8) is 0 Å². The van der Waals surface area contributed by atoms with E-state index in [0.717, 1.165) is 35.4 Å². The third kappa shape index (κ3) is 15.2. The second kappa shape index (κ2) is 29.1. The van der Waals surface area contributed by atoms with Crippen LogP contribution < -0.4 is 32.7 Å². The number of carbonyl (C=O) groups is 10. The maximum atomic E-state index is 15.9. The number of rotatable bonds is 25. The van der Waals surface area contributed by atoms with Crippen molar-refractivity contribution in [1.82, 2.24) is 21.3 Å². The highest BCUT2D eigenvalue weighted by Crippen LogP contribution is 2.64. The van der Waals surface area contributed by atoms with Gasteiger partial charge >= 0.3 is 30.0 Å². The molecule has 4 aliphatic rings. The number of esters is 4. The Kier molecular flexibility index (Phi) is 22.3. The van der Waals surface area contributed by atoms with Gasteiger partial charge in [-0.3, -0.25) is 39.0 Å². The molecule has 89 heavy (non-hydrogen) atoms. The van der Waals surface area contributed by atoms with Gasteiger partial charge in [0.25, 0.3) is 5.91 Å². The van der Waals surface area contributed by atoms with Gasteiger partial charge in [0, 0.05) is 62.6 Å². The quantitative estimate of drug-likeness (QED) is 0.0112. The zero-order chi connectivity index (χ0) is 65.2. The first-order valence-electron chi connectivity index (χ1n) is 28.6. The Morgan fingerprint density at radius 3 is 2.01 bits per heavy atom. The van der Waals surface area contributed by atoms with Crippen molar-refractivity contribution in [3.8, 4) is 0 Å². The lowest BCUT2D eigenvalue weighted by Crippen LogP contribution is -2.82. The van der Waals surface area contributed by atoms with E-state index in [1.54, 1.807) is 66.7 Å². The normalized spacial score (nSPS) is 26.1. The summed E-state index contributed by atoms with van der Waals surface area (Å²) in [4.78, 5) is 138. The van der Waals surface area contributed by atoms with Crippen LogP contribution in [-0.4, -0.2) is 167 Å². The molecule has 3 fully saturated rings. The molecule has 0 radical (unpaired) electrons. The van der Waals surface area contributed by atoms with Crippen molar-refractivity contribution in [2.45, 2.75) is 140 Å². The van der Waals surface area contributed by atoms with Gasteiger partial charge in [-0.1, -0.05) is 102 Å². The van der Waals surface area contributed by atoms with Crippen LogP contribution in [0, 0.1) is 22.2 Å². The van der Waals surface area contributed by atoms with Crippen molar-refractivity contribution in [2.24, 2.45) is 28.2 Å². The number of amides is 4. The number of ether oxygens (including phenoxy) is 7. The van der Waals surface area contributed by atoms with Crippen LogP contribution in [0.25, 0.3) is 0 Å². The summed E-state index contributed by atoms with van der Waals surface area (Å²) in [5.41, 5.74) is 2.76. The highest BCUT2D eigenvalue weighted by Gasteiger charge is 2.78. The number of aliphatic hydroxyl groups excluding tert-OH is 1. The molecule has 1 aliphatic heterocycles. The first-order valence-corrected chi connectivity index (χ1v) is 31.1. The number of primary amides is 1. The van der Waals surface area contributed by atoms with E-state index in [1.807, 2.05) is 0 Å². The molecule has 4 amide bonds. The molecule has 2 saturated carbocycles. The molecule has 13 atom stereocenters.